The number of carbonyl (C=O) groups is 1. The number of thioether (sulfide) groups is 1. The van der Waals surface area contributed by atoms with Crippen molar-refractivity contribution in [2.45, 2.75) is 61.4 Å². The van der Waals surface area contributed by atoms with Crippen LogP contribution in [0.3, 0.4) is 0 Å². The number of ether oxygens (including phenoxy) is 1. The molecule has 3 saturated heterocycles. The molecule has 1 amide bonds. The van der Waals surface area contributed by atoms with Gasteiger partial charge >= 0.3 is 0 Å². The van der Waals surface area contributed by atoms with Crippen molar-refractivity contribution >= 4 is 29.2 Å². The topological polar surface area (TPSA) is 63.5 Å². The van der Waals surface area contributed by atoms with Crippen molar-refractivity contribution in [3.8, 4) is 0 Å². The third kappa shape index (κ3) is 3.45. The number of aromatic nitrogens is 3. The summed E-state index contributed by atoms with van der Waals surface area (Å²) in [4.78, 5) is 24.6. The maximum atomic E-state index is 11.1. The smallest absolute Gasteiger partial charge is 0.209 e. The second-order valence-electron chi connectivity index (χ2n) is 8.55. The van der Waals surface area contributed by atoms with Crippen LogP contribution in [0, 0.1) is 0 Å². The number of fused-ring (bicyclic) bond motifs is 1. The summed E-state index contributed by atoms with van der Waals surface area (Å²) in [5, 5.41) is 2.12. The number of piperidine rings is 1. The van der Waals surface area contributed by atoms with Crippen molar-refractivity contribution in [2.75, 3.05) is 32.4 Å². The molecule has 0 aliphatic carbocycles. The molecule has 7 nitrogen and oxygen atoms in total. The van der Waals surface area contributed by atoms with Gasteiger partial charge in [-0.25, -0.2) is 9.97 Å². The maximum Gasteiger partial charge on any atom is 0.209 e. The number of nitrogens with zero attached hydrogens (tertiary/aromatic N) is 5. The molecule has 1 spiro atoms. The van der Waals surface area contributed by atoms with Gasteiger partial charge in [0, 0.05) is 31.4 Å². The predicted octanol–water partition coefficient (Wildman–Crippen LogP) is 2.92. The van der Waals surface area contributed by atoms with E-state index in [2.05, 4.69) is 31.7 Å². The molecule has 156 valence electrons. The minimum absolute atomic E-state index is 0.0533. The average Bonchev–Trinajstić information content (AvgIpc) is 3.48. The molecule has 2 aromatic heterocycles. The van der Waals surface area contributed by atoms with E-state index in [-0.39, 0.29) is 17.9 Å². The third-order valence-corrected chi connectivity index (χ3v) is 7.82. The van der Waals surface area contributed by atoms with Gasteiger partial charge in [0.05, 0.1) is 11.5 Å². The molecule has 3 aliphatic rings. The van der Waals surface area contributed by atoms with Crippen molar-refractivity contribution in [3.63, 3.8) is 0 Å². The normalized spacial score (nSPS) is 27.3. The highest BCUT2D eigenvalue weighted by molar-refractivity contribution is 7.98. The van der Waals surface area contributed by atoms with E-state index in [9.17, 15) is 4.79 Å². The van der Waals surface area contributed by atoms with E-state index in [4.69, 9.17) is 4.74 Å². The Balaban J connectivity index is 1.26. The molecule has 29 heavy (non-hydrogen) atoms. The minimum atomic E-state index is 0.0533. The Kier molecular flexibility index (Phi) is 5.26. The lowest BCUT2D eigenvalue weighted by Gasteiger charge is -2.45. The molecule has 5 heterocycles. The lowest BCUT2D eigenvalue weighted by atomic mass is 9.85. The maximum absolute atomic E-state index is 11.1. The van der Waals surface area contributed by atoms with Crippen LogP contribution in [0.2, 0.25) is 0 Å². The number of amides is 1. The van der Waals surface area contributed by atoms with E-state index >= 15 is 0 Å². The van der Waals surface area contributed by atoms with E-state index in [0.717, 1.165) is 74.3 Å². The summed E-state index contributed by atoms with van der Waals surface area (Å²) >= 11 is 1.65. The molecule has 0 radical (unpaired) electrons. The summed E-state index contributed by atoms with van der Waals surface area (Å²) in [7, 11) is 0. The van der Waals surface area contributed by atoms with Crippen molar-refractivity contribution in [1.29, 1.82) is 0 Å². The molecule has 3 aliphatic heterocycles. The van der Waals surface area contributed by atoms with Gasteiger partial charge in [-0.2, -0.15) is 0 Å². The van der Waals surface area contributed by atoms with Crippen LogP contribution in [0.5, 0.6) is 0 Å². The first kappa shape index (κ1) is 19.3. The van der Waals surface area contributed by atoms with Gasteiger partial charge in [0.2, 0.25) is 6.41 Å². The van der Waals surface area contributed by atoms with Gasteiger partial charge in [0.15, 0.2) is 0 Å². The number of likely N-dealkylation sites (tertiary alicyclic amines) is 2. The number of rotatable bonds is 5. The molecule has 1 unspecified atom stereocenters. The van der Waals surface area contributed by atoms with Crippen molar-refractivity contribution in [3.05, 3.63) is 18.6 Å². The van der Waals surface area contributed by atoms with Crippen LogP contribution >= 0.6 is 11.8 Å². The Morgan fingerprint density at radius 3 is 2.90 bits per heavy atom. The summed E-state index contributed by atoms with van der Waals surface area (Å²) in [6, 6.07) is 2.11. The van der Waals surface area contributed by atoms with Crippen LogP contribution in [-0.4, -0.2) is 74.8 Å². The molecule has 0 bridgehead atoms. The minimum Gasteiger partial charge on any atom is -0.353 e. The molecule has 0 N–H and O–H groups in total. The van der Waals surface area contributed by atoms with Crippen LogP contribution in [0.25, 0.3) is 11.0 Å². The van der Waals surface area contributed by atoms with E-state index in [1.165, 1.54) is 12.8 Å². The first-order valence-corrected chi connectivity index (χ1v) is 11.9. The molecular formula is C21H29N5O2S. The Morgan fingerprint density at radius 2 is 2.10 bits per heavy atom. The van der Waals surface area contributed by atoms with Crippen molar-refractivity contribution < 1.29 is 9.53 Å². The van der Waals surface area contributed by atoms with E-state index in [1.54, 1.807) is 18.1 Å². The van der Waals surface area contributed by atoms with Gasteiger partial charge in [-0.05, 0) is 57.4 Å². The summed E-state index contributed by atoms with van der Waals surface area (Å²) in [5.41, 5.74) is 1.25. The predicted molar refractivity (Wildman–Crippen MR) is 113 cm³/mol. The fourth-order valence-electron chi connectivity index (χ4n) is 5.51. The molecule has 2 atom stereocenters. The van der Waals surface area contributed by atoms with Crippen LogP contribution in [0.15, 0.2) is 23.6 Å². The Labute approximate surface area is 175 Å². The number of hydrogen-bond acceptors (Lipinski definition) is 6. The first-order valence-electron chi connectivity index (χ1n) is 10.7. The summed E-state index contributed by atoms with van der Waals surface area (Å²) < 4.78 is 8.69. The molecule has 5 rings (SSSR count). The molecule has 3 fully saturated rings. The van der Waals surface area contributed by atoms with Crippen LogP contribution in [0.4, 0.5) is 0 Å². The van der Waals surface area contributed by atoms with E-state index < -0.39 is 0 Å². The highest BCUT2D eigenvalue weighted by atomic mass is 32.2. The summed E-state index contributed by atoms with van der Waals surface area (Å²) in [5.74, 6) is 0. The summed E-state index contributed by atoms with van der Waals surface area (Å²) in [6.45, 7) is 3.94. The zero-order valence-electron chi connectivity index (χ0n) is 17.0. The zero-order valence-corrected chi connectivity index (χ0v) is 17.8. The van der Waals surface area contributed by atoms with Crippen LogP contribution < -0.4 is 0 Å². The SMILES string of the molecule is CSc1ncnc2c1ccn2C1CC[C@@H](CN2CCCC23CCN(C=O)CC3)O1. The summed E-state index contributed by atoms with van der Waals surface area (Å²) in [6.07, 6.45) is 13.9. The quantitative estimate of drug-likeness (QED) is 0.425. The third-order valence-electron chi connectivity index (χ3n) is 7.10. The Morgan fingerprint density at radius 1 is 1.24 bits per heavy atom. The second-order valence-corrected chi connectivity index (χ2v) is 9.34. The van der Waals surface area contributed by atoms with Gasteiger partial charge in [-0.15, -0.1) is 11.8 Å². The highest BCUT2D eigenvalue weighted by Crippen LogP contribution is 2.40. The van der Waals surface area contributed by atoms with E-state index in [0.29, 0.717) is 0 Å². The second kappa shape index (κ2) is 7.89. The Bertz CT molecular complexity index is 879. The average molecular weight is 416 g/mol. The first-order chi connectivity index (χ1) is 14.2. The van der Waals surface area contributed by atoms with Gasteiger partial charge in [-0.1, -0.05) is 0 Å². The monoisotopic (exact) mass is 415 g/mol. The van der Waals surface area contributed by atoms with Crippen LogP contribution in [-0.2, 0) is 9.53 Å². The molecule has 0 saturated carbocycles. The van der Waals surface area contributed by atoms with Gasteiger partial charge in [0.25, 0.3) is 0 Å². The van der Waals surface area contributed by atoms with Crippen molar-refractivity contribution in [2.24, 2.45) is 0 Å². The lowest BCUT2D eigenvalue weighted by molar-refractivity contribution is -0.120. The fraction of sp³-hybridized carbons (Fsp3) is 0.667. The van der Waals surface area contributed by atoms with Gasteiger partial charge in [-0.3, -0.25) is 9.69 Å². The Hall–Kier alpha value is -1.64. The van der Waals surface area contributed by atoms with Gasteiger partial charge in [0.1, 0.15) is 23.2 Å². The molecule has 8 heteroatoms. The number of carbonyl (C=O) groups excluding carboxylic acids is 1. The molecule has 2 aromatic rings. The largest absolute Gasteiger partial charge is 0.353 e. The standard InChI is InChI=1S/C21H29N5O2S/c1-29-20-17-5-10-26(19(17)22-14-23-20)18-4-3-16(28-18)13-25-9-2-6-21(25)7-11-24(15-27)12-8-21/h5,10,14-16,18H,2-4,6-9,11-13H2,1H3/t16-,18?/m0/s1. The van der Waals surface area contributed by atoms with Crippen LogP contribution in [0.1, 0.15) is 44.8 Å². The van der Waals surface area contributed by atoms with Gasteiger partial charge < -0.3 is 14.2 Å². The molecule has 0 aromatic carbocycles. The van der Waals surface area contributed by atoms with Crippen molar-refractivity contribution in [1.82, 2.24) is 24.3 Å². The zero-order chi connectivity index (χ0) is 19.8. The van der Waals surface area contributed by atoms with E-state index in [1.807, 2.05) is 11.2 Å². The lowest BCUT2D eigenvalue weighted by Crippen LogP contribution is -2.53. The molecular weight excluding hydrogens is 386 g/mol. The number of hydrogen-bond donors (Lipinski definition) is 0. The highest BCUT2D eigenvalue weighted by Gasteiger charge is 2.44. The fourth-order valence-corrected chi connectivity index (χ4v) is 6.04.